The van der Waals surface area contributed by atoms with Crippen LogP contribution in [0.4, 0.5) is 8.78 Å². The molecule has 2 aromatic rings. The molecule has 0 saturated carbocycles. The van der Waals surface area contributed by atoms with Gasteiger partial charge in [0.15, 0.2) is 5.96 Å². The summed E-state index contributed by atoms with van der Waals surface area (Å²) < 4.78 is 28.6. The van der Waals surface area contributed by atoms with Crippen molar-refractivity contribution in [2.75, 3.05) is 19.6 Å². The second kappa shape index (κ2) is 12.8. The van der Waals surface area contributed by atoms with Crippen molar-refractivity contribution >= 4 is 41.3 Å². The van der Waals surface area contributed by atoms with Crippen LogP contribution in [0.15, 0.2) is 35.5 Å². The van der Waals surface area contributed by atoms with Crippen molar-refractivity contribution in [1.82, 2.24) is 15.6 Å². The Morgan fingerprint density at radius 2 is 2.00 bits per heavy atom. The molecule has 0 saturated heterocycles. The van der Waals surface area contributed by atoms with Crippen molar-refractivity contribution in [2.45, 2.75) is 33.0 Å². The number of hydrogen-bond acceptors (Lipinski definition) is 5. The van der Waals surface area contributed by atoms with Crippen LogP contribution in [0, 0.1) is 6.92 Å². The first kappa shape index (κ1) is 24.5. The summed E-state index contributed by atoms with van der Waals surface area (Å²) in [5.74, 6) is 0.652. The van der Waals surface area contributed by atoms with Gasteiger partial charge < -0.3 is 20.5 Å². The van der Waals surface area contributed by atoms with Gasteiger partial charge in [0.25, 0.3) is 0 Å². The minimum Gasteiger partial charge on any atom is -0.435 e. The van der Waals surface area contributed by atoms with Gasteiger partial charge in [0.1, 0.15) is 5.75 Å². The van der Waals surface area contributed by atoms with Crippen molar-refractivity contribution < 1.29 is 18.6 Å². The molecule has 3 N–H and O–H groups in total. The molecule has 1 aromatic carbocycles. The van der Waals surface area contributed by atoms with E-state index in [9.17, 15) is 13.9 Å². The molecule has 0 bridgehead atoms. The second-order valence-electron chi connectivity index (χ2n) is 5.72. The van der Waals surface area contributed by atoms with Crippen LogP contribution >= 0.6 is 35.3 Å². The molecule has 6 nitrogen and oxygen atoms in total. The van der Waals surface area contributed by atoms with Gasteiger partial charge in [-0.25, -0.2) is 4.98 Å². The van der Waals surface area contributed by atoms with Gasteiger partial charge in [-0.1, -0.05) is 12.1 Å². The Bertz CT molecular complexity index is 729. The average Bonchev–Trinajstić information content (AvgIpc) is 3.04. The van der Waals surface area contributed by atoms with Crippen molar-refractivity contribution in [3.05, 3.63) is 45.9 Å². The summed E-state index contributed by atoms with van der Waals surface area (Å²) in [4.78, 5) is 9.87. The van der Waals surface area contributed by atoms with Crippen LogP contribution in [0.25, 0.3) is 0 Å². The monoisotopic (exact) mass is 526 g/mol. The highest BCUT2D eigenvalue weighted by atomic mass is 127. The van der Waals surface area contributed by atoms with Gasteiger partial charge in [-0.3, -0.25) is 4.99 Å². The van der Waals surface area contributed by atoms with E-state index in [0.29, 0.717) is 24.6 Å². The van der Waals surface area contributed by atoms with Crippen molar-refractivity contribution in [1.29, 1.82) is 0 Å². The van der Waals surface area contributed by atoms with E-state index in [-0.39, 0.29) is 36.3 Å². The summed E-state index contributed by atoms with van der Waals surface area (Å²) in [6.07, 6.45) is 1.80. The summed E-state index contributed by atoms with van der Waals surface area (Å²) in [5.41, 5.74) is 0.578. The highest BCUT2D eigenvalue weighted by molar-refractivity contribution is 14.0. The molecule has 1 aromatic heterocycles. The third-order valence-electron chi connectivity index (χ3n) is 3.56. The standard InChI is InChI=1S/C18H24F2N4O2S.HI/c1-3-21-18(22-9-8-16-23-10-12(2)27-16)24-11-15(25)13-4-6-14(7-5-13)26-17(19)20;/h4-7,10,15,17,25H,3,8-9,11H2,1-2H3,(H2,21,22,24);1H. The van der Waals surface area contributed by atoms with Gasteiger partial charge in [-0.15, -0.1) is 35.3 Å². The van der Waals surface area contributed by atoms with E-state index in [4.69, 9.17) is 0 Å². The highest BCUT2D eigenvalue weighted by Crippen LogP contribution is 2.19. The summed E-state index contributed by atoms with van der Waals surface area (Å²) in [7, 11) is 0. The van der Waals surface area contributed by atoms with Gasteiger partial charge in [0.05, 0.1) is 17.7 Å². The van der Waals surface area contributed by atoms with Crippen LogP contribution in [0.2, 0.25) is 0 Å². The molecule has 1 heterocycles. The molecule has 2 rings (SSSR count). The lowest BCUT2D eigenvalue weighted by Crippen LogP contribution is -2.38. The number of ether oxygens (including phenoxy) is 1. The third-order valence-corrected chi connectivity index (χ3v) is 4.53. The third kappa shape index (κ3) is 8.65. The number of aromatic nitrogens is 1. The van der Waals surface area contributed by atoms with E-state index in [2.05, 4.69) is 25.3 Å². The van der Waals surface area contributed by atoms with Gasteiger partial charge in [-0.2, -0.15) is 8.78 Å². The Morgan fingerprint density at radius 1 is 1.29 bits per heavy atom. The van der Waals surface area contributed by atoms with E-state index in [1.807, 2.05) is 20.0 Å². The number of aryl methyl sites for hydroxylation is 1. The van der Waals surface area contributed by atoms with Crippen LogP contribution in [0.3, 0.4) is 0 Å². The van der Waals surface area contributed by atoms with Crippen LogP contribution in [-0.2, 0) is 6.42 Å². The number of alkyl halides is 2. The molecule has 0 aliphatic rings. The summed E-state index contributed by atoms with van der Waals surface area (Å²) in [6.45, 7) is 2.62. The minimum absolute atomic E-state index is 0. The predicted molar refractivity (Wildman–Crippen MR) is 118 cm³/mol. The fourth-order valence-electron chi connectivity index (χ4n) is 2.30. The lowest BCUT2D eigenvalue weighted by Gasteiger charge is -2.13. The van der Waals surface area contributed by atoms with Crippen LogP contribution in [-0.4, -0.2) is 42.3 Å². The van der Waals surface area contributed by atoms with E-state index < -0.39 is 12.7 Å². The summed E-state index contributed by atoms with van der Waals surface area (Å²) >= 11 is 1.66. The number of nitrogens with zero attached hydrogens (tertiary/aromatic N) is 2. The zero-order chi connectivity index (χ0) is 19.6. The fraction of sp³-hybridized carbons (Fsp3) is 0.444. The van der Waals surface area contributed by atoms with E-state index in [1.165, 1.54) is 17.0 Å². The van der Waals surface area contributed by atoms with E-state index in [1.54, 1.807) is 23.5 Å². The lowest BCUT2D eigenvalue weighted by molar-refractivity contribution is -0.0498. The maximum absolute atomic E-state index is 12.2. The number of aliphatic hydroxyl groups excluding tert-OH is 1. The van der Waals surface area contributed by atoms with Gasteiger partial charge in [-0.05, 0) is 31.5 Å². The SMILES string of the molecule is CCNC(=NCC(O)c1ccc(OC(F)F)cc1)NCCc1ncc(C)s1.I. The topological polar surface area (TPSA) is 78.8 Å². The molecule has 0 aliphatic heterocycles. The molecule has 10 heteroatoms. The number of thiazole rings is 1. The molecule has 1 atom stereocenters. The molecule has 28 heavy (non-hydrogen) atoms. The molecule has 0 fully saturated rings. The maximum Gasteiger partial charge on any atom is 0.387 e. The molecular formula is C18H25F2IN4O2S. The number of guanidine groups is 1. The number of aliphatic imine (C=N–C) groups is 1. The number of hydrogen-bond donors (Lipinski definition) is 3. The largest absolute Gasteiger partial charge is 0.435 e. The summed E-state index contributed by atoms with van der Waals surface area (Å²) in [5, 5.41) is 17.6. The predicted octanol–water partition coefficient (Wildman–Crippen LogP) is 3.50. The molecule has 0 radical (unpaired) electrons. The Balaban J connectivity index is 0.00000392. The van der Waals surface area contributed by atoms with Gasteiger partial charge in [0.2, 0.25) is 0 Å². The Morgan fingerprint density at radius 3 is 2.57 bits per heavy atom. The van der Waals surface area contributed by atoms with Crippen molar-refractivity contribution in [3.63, 3.8) is 0 Å². The Labute approximate surface area is 184 Å². The molecular weight excluding hydrogens is 501 g/mol. The van der Waals surface area contributed by atoms with Crippen molar-refractivity contribution in [3.8, 4) is 5.75 Å². The zero-order valence-corrected chi connectivity index (χ0v) is 18.8. The number of aliphatic hydroxyl groups is 1. The van der Waals surface area contributed by atoms with Crippen LogP contribution < -0.4 is 15.4 Å². The first-order valence-electron chi connectivity index (χ1n) is 8.64. The first-order valence-corrected chi connectivity index (χ1v) is 9.46. The minimum atomic E-state index is -2.87. The maximum atomic E-state index is 12.2. The normalized spacial score (nSPS) is 12.4. The molecule has 0 amide bonds. The van der Waals surface area contributed by atoms with Gasteiger partial charge in [0, 0.05) is 30.6 Å². The Hall–Kier alpha value is -1.53. The molecule has 0 spiro atoms. The van der Waals surface area contributed by atoms with Gasteiger partial charge >= 0.3 is 6.61 Å². The highest BCUT2D eigenvalue weighted by Gasteiger charge is 2.10. The Kier molecular flexibility index (Phi) is 11.2. The fourth-order valence-corrected chi connectivity index (χ4v) is 3.09. The number of benzene rings is 1. The molecule has 0 aliphatic carbocycles. The van der Waals surface area contributed by atoms with Crippen LogP contribution in [0.5, 0.6) is 5.75 Å². The average molecular weight is 526 g/mol. The number of nitrogens with one attached hydrogen (secondary N) is 2. The quantitative estimate of drug-likeness (QED) is 0.265. The van der Waals surface area contributed by atoms with E-state index in [0.717, 1.165) is 11.4 Å². The lowest BCUT2D eigenvalue weighted by atomic mass is 10.1. The molecule has 1 unspecified atom stereocenters. The smallest absolute Gasteiger partial charge is 0.387 e. The second-order valence-corrected chi connectivity index (χ2v) is 7.04. The summed E-state index contributed by atoms with van der Waals surface area (Å²) in [6, 6.07) is 5.88. The first-order chi connectivity index (χ1) is 13.0. The molecule has 156 valence electrons. The number of rotatable bonds is 9. The zero-order valence-electron chi connectivity index (χ0n) is 15.7. The van der Waals surface area contributed by atoms with E-state index >= 15 is 0 Å². The van der Waals surface area contributed by atoms with Crippen LogP contribution in [0.1, 0.15) is 28.5 Å². The number of halogens is 3. The van der Waals surface area contributed by atoms with Crippen molar-refractivity contribution in [2.24, 2.45) is 4.99 Å².